The van der Waals surface area contributed by atoms with E-state index in [0.29, 0.717) is 0 Å². The first kappa shape index (κ1) is 7.92. The largest absolute Gasteiger partial charge is 0.292 e. The van der Waals surface area contributed by atoms with Gasteiger partial charge >= 0.3 is 0 Å². The summed E-state index contributed by atoms with van der Waals surface area (Å²) in [4.78, 5) is 10.6. The number of nitrogens with one attached hydrogen (secondary N) is 2. The molecule has 1 aromatic rings. The third-order valence-electron chi connectivity index (χ3n) is 0.837. The number of nitrogen functional groups attached to an aromatic ring is 1. The first-order chi connectivity index (χ1) is 5.26. The van der Waals surface area contributed by atoms with Crippen LogP contribution in [0.4, 0.5) is 11.9 Å². The van der Waals surface area contributed by atoms with Gasteiger partial charge in [-0.25, -0.2) is 11.3 Å². The summed E-state index contributed by atoms with van der Waals surface area (Å²) in [7, 11) is 0. The number of hydrazine groups is 1. The number of hydrogen-bond acceptors (Lipinski definition) is 7. The smallest absolute Gasteiger partial charge is 0.253 e. The van der Waals surface area contributed by atoms with E-state index in [1.54, 1.807) is 5.48 Å². The van der Waals surface area contributed by atoms with Crippen LogP contribution in [0.3, 0.4) is 0 Å². The lowest BCUT2D eigenvalue weighted by atomic mass is 10.9. The molecule has 1 aromatic heterocycles. The average molecular weight is 177 g/mol. The molecule has 0 atom stereocenters. The summed E-state index contributed by atoms with van der Waals surface area (Å²) < 4.78 is 0. The van der Waals surface area contributed by atoms with Crippen LogP contribution in [0.5, 0.6) is 0 Å². The van der Waals surface area contributed by atoms with E-state index in [4.69, 9.17) is 22.7 Å². The molecule has 0 aliphatic carbocycles. The molecule has 0 aliphatic heterocycles. The lowest BCUT2D eigenvalue weighted by molar-refractivity contribution is 0.382. The van der Waals surface area contributed by atoms with E-state index in [0.717, 1.165) is 0 Å². The fourth-order valence-electron chi connectivity index (χ4n) is 0.465. The Morgan fingerprint density at radius 3 is 2.45 bits per heavy atom. The van der Waals surface area contributed by atoms with Crippen LogP contribution >= 0.6 is 11.6 Å². The standard InChI is InChI=1S/C3H5ClN6O/c4-1-6-2(9-5)8-3(7-1)10-11/h11H,5H2,(H2,6,7,8,9,10). The molecule has 0 unspecified atom stereocenters. The van der Waals surface area contributed by atoms with Gasteiger partial charge in [0.2, 0.25) is 11.2 Å². The Hall–Kier alpha value is -1.18. The van der Waals surface area contributed by atoms with Crippen molar-refractivity contribution in [2.24, 2.45) is 5.84 Å². The Balaban J connectivity index is 3.02. The van der Waals surface area contributed by atoms with Crippen LogP contribution in [-0.4, -0.2) is 20.2 Å². The van der Waals surface area contributed by atoms with Gasteiger partial charge in [-0.05, 0) is 11.6 Å². The highest BCUT2D eigenvalue weighted by atomic mass is 35.5. The van der Waals surface area contributed by atoms with Gasteiger partial charge in [0.05, 0.1) is 0 Å². The number of halogens is 1. The maximum Gasteiger partial charge on any atom is 0.253 e. The molecule has 1 rings (SSSR count). The highest BCUT2D eigenvalue weighted by molar-refractivity contribution is 6.28. The summed E-state index contributed by atoms with van der Waals surface area (Å²) in [6, 6.07) is 0. The fraction of sp³-hybridized carbons (Fsp3) is 0. The highest BCUT2D eigenvalue weighted by Crippen LogP contribution is 2.06. The quantitative estimate of drug-likeness (QED) is 0.359. The maximum atomic E-state index is 8.35. The Labute approximate surface area is 66.6 Å². The van der Waals surface area contributed by atoms with Crippen molar-refractivity contribution in [2.75, 3.05) is 10.9 Å². The van der Waals surface area contributed by atoms with E-state index >= 15 is 0 Å². The molecule has 0 aliphatic rings. The Bertz CT molecular complexity index is 231. The predicted octanol–water partition coefficient (Wildman–Crippen LogP) is -0.388. The van der Waals surface area contributed by atoms with Crippen LogP contribution in [0.25, 0.3) is 0 Å². The van der Waals surface area contributed by atoms with Crippen molar-refractivity contribution in [1.29, 1.82) is 0 Å². The van der Waals surface area contributed by atoms with Gasteiger partial charge in [-0.1, -0.05) is 0 Å². The van der Waals surface area contributed by atoms with Crippen LogP contribution in [0.1, 0.15) is 0 Å². The average Bonchev–Trinajstić information content (AvgIpc) is 2.03. The van der Waals surface area contributed by atoms with Gasteiger partial charge in [0.25, 0.3) is 5.95 Å². The fourth-order valence-corrected chi connectivity index (χ4v) is 0.625. The van der Waals surface area contributed by atoms with Crippen LogP contribution in [-0.2, 0) is 0 Å². The molecule has 8 heteroatoms. The zero-order chi connectivity index (χ0) is 8.27. The molecule has 11 heavy (non-hydrogen) atoms. The van der Waals surface area contributed by atoms with E-state index in [2.05, 4.69) is 20.4 Å². The maximum absolute atomic E-state index is 8.35. The van der Waals surface area contributed by atoms with Crippen molar-refractivity contribution >= 4 is 23.5 Å². The molecule has 0 bridgehead atoms. The summed E-state index contributed by atoms with van der Waals surface area (Å²) in [6.07, 6.45) is 0. The van der Waals surface area contributed by atoms with Crippen molar-refractivity contribution in [3.05, 3.63) is 5.28 Å². The molecule has 0 aromatic carbocycles. The van der Waals surface area contributed by atoms with E-state index in [1.807, 2.05) is 0 Å². The van der Waals surface area contributed by atoms with Gasteiger partial charge in [-0.3, -0.25) is 10.6 Å². The number of rotatable bonds is 2. The van der Waals surface area contributed by atoms with Crippen LogP contribution < -0.4 is 16.7 Å². The van der Waals surface area contributed by atoms with Gasteiger partial charge in [-0.2, -0.15) is 15.0 Å². The summed E-state index contributed by atoms with van der Waals surface area (Å²) in [5.41, 5.74) is 3.84. The van der Waals surface area contributed by atoms with Gasteiger partial charge in [-0.15, -0.1) is 0 Å². The lowest BCUT2D eigenvalue weighted by Crippen LogP contribution is -2.12. The number of nitrogens with two attached hydrogens (primary N) is 1. The minimum absolute atomic E-state index is 0.0653. The third-order valence-corrected chi connectivity index (χ3v) is 1.01. The van der Waals surface area contributed by atoms with Crippen molar-refractivity contribution in [3.8, 4) is 0 Å². The topological polar surface area (TPSA) is 109 Å². The minimum Gasteiger partial charge on any atom is -0.292 e. The Morgan fingerprint density at radius 1 is 1.27 bits per heavy atom. The number of hydrogen-bond donors (Lipinski definition) is 4. The molecule has 7 nitrogen and oxygen atoms in total. The summed E-state index contributed by atoms with van der Waals surface area (Å²) >= 11 is 5.40. The zero-order valence-corrected chi connectivity index (χ0v) is 6.00. The Kier molecular flexibility index (Phi) is 2.36. The molecule has 5 N–H and O–H groups in total. The monoisotopic (exact) mass is 176 g/mol. The van der Waals surface area contributed by atoms with E-state index in [9.17, 15) is 0 Å². The van der Waals surface area contributed by atoms with Gasteiger partial charge < -0.3 is 0 Å². The molecule has 0 radical (unpaired) electrons. The van der Waals surface area contributed by atoms with Crippen molar-refractivity contribution in [1.82, 2.24) is 15.0 Å². The third kappa shape index (κ3) is 1.87. The van der Waals surface area contributed by atoms with E-state index in [1.165, 1.54) is 0 Å². The van der Waals surface area contributed by atoms with Gasteiger partial charge in [0.15, 0.2) is 0 Å². The molecule has 0 saturated heterocycles. The van der Waals surface area contributed by atoms with Crippen molar-refractivity contribution < 1.29 is 5.21 Å². The predicted molar refractivity (Wildman–Crippen MR) is 38.1 cm³/mol. The van der Waals surface area contributed by atoms with Crippen molar-refractivity contribution in [2.45, 2.75) is 0 Å². The minimum atomic E-state index is -0.0713. The number of nitrogens with zero attached hydrogens (tertiary/aromatic N) is 3. The first-order valence-electron chi connectivity index (χ1n) is 2.54. The summed E-state index contributed by atoms with van der Waals surface area (Å²) in [6.45, 7) is 0. The molecule has 60 valence electrons. The van der Waals surface area contributed by atoms with Gasteiger partial charge in [0.1, 0.15) is 0 Å². The van der Waals surface area contributed by atoms with Crippen molar-refractivity contribution in [3.63, 3.8) is 0 Å². The second kappa shape index (κ2) is 3.28. The number of anilines is 2. The summed E-state index contributed by atoms with van der Waals surface area (Å²) in [5.74, 6) is 4.97. The summed E-state index contributed by atoms with van der Waals surface area (Å²) in [5, 5.41) is 8.29. The molecule has 0 fully saturated rings. The lowest BCUT2D eigenvalue weighted by Gasteiger charge is -1.99. The SMILES string of the molecule is NNc1nc(Cl)nc(NO)n1. The zero-order valence-electron chi connectivity index (χ0n) is 5.24. The number of aromatic nitrogens is 3. The molecule has 0 spiro atoms. The van der Waals surface area contributed by atoms with Crippen LogP contribution in [0.15, 0.2) is 0 Å². The second-order valence-electron chi connectivity index (χ2n) is 1.51. The molecule has 0 saturated carbocycles. The van der Waals surface area contributed by atoms with Gasteiger partial charge in [0, 0.05) is 0 Å². The Morgan fingerprint density at radius 2 is 1.91 bits per heavy atom. The molecule has 1 heterocycles. The van der Waals surface area contributed by atoms with Crippen LogP contribution in [0.2, 0.25) is 5.28 Å². The molecular formula is C3H5ClN6O. The normalized spacial score (nSPS) is 9.36. The first-order valence-corrected chi connectivity index (χ1v) is 2.92. The van der Waals surface area contributed by atoms with E-state index in [-0.39, 0.29) is 17.2 Å². The second-order valence-corrected chi connectivity index (χ2v) is 1.85. The molecular weight excluding hydrogens is 172 g/mol. The molecule has 0 amide bonds. The van der Waals surface area contributed by atoms with E-state index < -0.39 is 0 Å². The highest BCUT2D eigenvalue weighted by Gasteiger charge is 2.00. The van der Waals surface area contributed by atoms with Crippen LogP contribution in [0, 0.1) is 0 Å².